The first-order valence-electron chi connectivity index (χ1n) is 4.60. The summed E-state index contributed by atoms with van der Waals surface area (Å²) in [5.41, 5.74) is 9.31. The van der Waals surface area contributed by atoms with Crippen LogP contribution in [0, 0.1) is 5.41 Å². The molecule has 0 spiro atoms. The topological polar surface area (TPSA) is 105 Å². The van der Waals surface area contributed by atoms with Gasteiger partial charge in [0.2, 0.25) is 11.8 Å². The molecule has 6 heteroatoms. The molecular formula is C9H18N2O4. The van der Waals surface area contributed by atoms with E-state index in [0.29, 0.717) is 0 Å². The standard InChI is InChI=1S/C9H18N2O4/c1-9(2,8(11)13)5-15-6-14-4-3-7(10)12/h3-6H2,1-2H3,(H2,10,12)(H2,11,13). The lowest BCUT2D eigenvalue weighted by Gasteiger charge is -2.19. The highest BCUT2D eigenvalue weighted by Gasteiger charge is 2.24. The molecule has 0 saturated heterocycles. The molecule has 0 fully saturated rings. The van der Waals surface area contributed by atoms with Crippen molar-refractivity contribution < 1.29 is 19.1 Å². The third-order valence-electron chi connectivity index (χ3n) is 1.79. The lowest BCUT2D eigenvalue weighted by Crippen LogP contribution is -2.35. The molecule has 0 saturated carbocycles. The third kappa shape index (κ3) is 6.87. The summed E-state index contributed by atoms with van der Waals surface area (Å²) in [6.45, 7) is 3.77. The van der Waals surface area contributed by atoms with Crippen LogP contribution in [0.2, 0.25) is 0 Å². The normalized spacial score (nSPS) is 11.3. The van der Waals surface area contributed by atoms with Crippen molar-refractivity contribution in [2.75, 3.05) is 20.0 Å². The second-order valence-electron chi connectivity index (χ2n) is 3.84. The number of amides is 2. The zero-order valence-corrected chi connectivity index (χ0v) is 9.12. The Morgan fingerprint density at radius 3 is 2.27 bits per heavy atom. The maximum absolute atomic E-state index is 10.9. The highest BCUT2D eigenvalue weighted by Crippen LogP contribution is 2.13. The summed E-state index contributed by atoms with van der Waals surface area (Å²) in [6, 6.07) is 0. The number of ether oxygens (including phenoxy) is 2. The van der Waals surface area contributed by atoms with Gasteiger partial charge in [-0.3, -0.25) is 9.59 Å². The van der Waals surface area contributed by atoms with Crippen molar-refractivity contribution >= 4 is 11.8 Å². The molecule has 2 amide bonds. The van der Waals surface area contributed by atoms with Crippen LogP contribution in [-0.4, -0.2) is 31.8 Å². The smallest absolute Gasteiger partial charge is 0.225 e. The Balaban J connectivity index is 3.46. The highest BCUT2D eigenvalue weighted by atomic mass is 16.7. The second kappa shape index (κ2) is 6.36. The summed E-state index contributed by atoms with van der Waals surface area (Å²) in [5, 5.41) is 0. The Bertz CT molecular complexity index is 228. The minimum atomic E-state index is -0.715. The fourth-order valence-electron chi connectivity index (χ4n) is 0.659. The molecule has 0 bridgehead atoms. The summed E-state index contributed by atoms with van der Waals surface area (Å²) < 4.78 is 10.0. The summed E-state index contributed by atoms with van der Waals surface area (Å²) in [5.74, 6) is -0.855. The average molecular weight is 218 g/mol. The number of carbonyl (C=O) groups is 2. The number of nitrogens with two attached hydrogens (primary N) is 2. The number of carbonyl (C=O) groups excluding carboxylic acids is 2. The van der Waals surface area contributed by atoms with Crippen molar-refractivity contribution in [3.05, 3.63) is 0 Å². The van der Waals surface area contributed by atoms with E-state index in [4.69, 9.17) is 20.9 Å². The van der Waals surface area contributed by atoms with Gasteiger partial charge >= 0.3 is 0 Å². The average Bonchev–Trinajstić information content (AvgIpc) is 2.10. The molecule has 0 aliphatic carbocycles. The van der Waals surface area contributed by atoms with Crippen LogP contribution in [0.25, 0.3) is 0 Å². The van der Waals surface area contributed by atoms with Gasteiger partial charge in [0.05, 0.1) is 18.6 Å². The van der Waals surface area contributed by atoms with Crippen LogP contribution in [0.1, 0.15) is 20.3 Å². The van der Waals surface area contributed by atoms with E-state index in [2.05, 4.69) is 0 Å². The molecule has 0 aromatic heterocycles. The molecule has 15 heavy (non-hydrogen) atoms. The van der Waals surface area contributed by atoms with Crippen LogP contribution in [0.3, 0.4) is 0 Å². The first-order chi connectivity index (χ1) is 6.86. The van der Waals surface area contributed by atoms with Crippen molar-refractivity contribution in [2.45, 2.75) is 20.3 Å². The van der Waals surface area contributed by atoms with Gasteiger partial charge in [0.1, 0.15) is 6.79 Å². The molecule has 4 N–H and O–H groups in total. The molecule has 0 atom stereocenters. The number of hydrogen-bond acceptors (Lipinski definition) is 4. The van der Waals surface area contributed by atoms with Gasteiger partial charge in [-0.15, -0.1) is 0 Å². The molecule has 0 unspecified atom stereocenters. The van der Waals surface area contributed by atoms with Gasteiger partial charge in [0.25, 0.3) is 0 Å². The maximum atomic E-state index is 10.9. The van der Waals surface area contributed by atoms with E-state index in [9.17, 15) is 9.59 Å². The number of hydrogen-bond donors (Lipinski definition) is 2. The Morgan fingerprint density at radius 1 is 1.20 bits per heavy atom. The van der Waals surface area contributed by atoms with E-state index in [-0.39, 0.29) is 26.4 Å². The Kier molecular flexibility index (Phi) is 5.88. The van der Waals surface area contributed by atoms with Crippen LogP contribution in [0.15, 0.2) is 0 Å². The lowest BCUT2D eigenvalue weighted by molar-refractivity contribution is -0.134. The maximum Gasteiger partial charge on any atom is 0.225 e. The predicted molar refractivity (Wildman–Crippen MR) is 53.6 cm³/mol. The summed E-state index contributed by atoms with van der Waals surface area (Å²) in [7, 11) is 0. The van der Waals surface area contributed by atoms with Crippen molar-refractivity contribution in [3.63, 3.8) is 0 Å². The van der Waals surface area contributed by atoms with E-state index in [1.807, 2.05) is 0 Å². The first-order valence-corrected chi connectivity index (χ1v) is 4.60. The highest BCUT2D eigenvalue weighted by molar-refractivity contribution is 5.80. The molecule has 6 nitrogen and oxygen atoms in total. The third-order valence-corrected chi connectivity index (χ3v) is 1.79. The molecule has 0 aromatic carbocycles. The van der Waals surface area contributed by atoms with Crippen LogP contribution in [-0.2, 0) is 19.1 Å². The molecule has 88 valence electrons. The van der Waals surface area contributed by atoms with E-state index >= 15 is 0 Å². The molecule has 0 aromatic rings. The molecule has 0 heterocycles. The Morgan fingerprint density at radius 2 is 1.80 bits per heavy atom. The monoisotopic (exact) mass is 218 g/mol. The van der Waals surface area contributed by atoms with Gasteiger partial charge in [0.15, 0.2) is 0 Å². The van der Waals surface area contributed by atoms with E-state index in [0.717, 1.165) is 0 Å². The number of rotatable bonds is 8. The first kappa shape index (κ1) is 13.9. The zero-order chi connectivity index (χ0) is 11.9. The van der Waals surface area contributed by atoms with Crippen molar-refractivity contribution in [2.24, 2.45) is 16.9 Å². The van der Waals surface area contributed by atoms with Crippen LogP contribution >= 0.6 is 0 Å². The minimum absolute atomic E-state index is 0.0178. The molecule has 0 radical (unpaired) electrons. The van der Waals surface area contributed by atoms with Gasteiger partial charge in [-0.05, 0) is 13.8 Å². The van der Waals surface area contributed by atoms with Crippen LogP contribution < -0.4 is 11.5 Å². The fourth-order valence-corrected chi connectivity index (χ4v) is 0.659. The van der Waals surface area contributed by atoms with E-state index in [1.165, 1.54) is 0 Å². The Labute approximate surface area is 88.9 Å². The molecule has 0 aliphatic heterocycles. The van der Waals surface area contributed by atoms with E-state index in [1.54, 1.807) is 13.8 Å². The molecule has 0 aliphatic rings. The molecular weight excluding hydrogens is 200 g/mol. The van der Waals surface area contributed by atoms with Crippen molar-refractivity contribution in [1.29, 1.82) is 0 Å². The van der Waals surface area contributed by atoms with Crippen LogP contribution in [0.4, 0.5) is 0 Å². The fraction of sp³-hybridized carbons (Fsp3) is 0.778. The van der Waals surface area contributed by atoms with E-state index < -0.39 is 17.2 Å². The van der Waals surface area contributed by atoms with Gasteiger partial charge < -0.3 is 20.9 Å². The SMILES string of the molecule is CC(C)(COCOCCC(N)=O)C(N)=O. The van der Waals surface area contributed by atoms with Gasteiger partial charge in [0, 0.05) is 6.42 Å². The van der Waals surface area contributed by atoms with Gasteiger partial charge in [-0.25, -0.2) is 0 Å². The van der Waals surface area contributed by atoms with Crippen molar-refractivity contribution in [1.82, 2.24) is 0 Å². The zero-order valence-electron chi connectivity index (χ0n) is 9.12. The minimum Gasteiger partial charge on any atom is -0.370 e. The predicted octanol–water partition coefficient (Wildman–Crippen LogP) is -0.636. The van der Waals surface area contributed by atoms with Crippen LogP contribution in [0.5, 0.6) is 0 Å². The quantitative estimate of drug-likeness (QED) is 0.417. The summed E-state index contributed by atoms with van der Waals surface area (Å²) in [6.07, 6.45) is 0.155. The number of primary amides is 2. The second-order valence-corrected chi connectivity index (χ2v) is 3.84. The largest absolute Gasteiger partial charge is 0.370 e. The van der Waals surface area contributed by atoms with Gasteiger partial charge in [-0.2, -0.15) is 0 Å². The molecule has 0 rings (SSSR count). The summed E-state index contributed by atoms with van der Waals surface area (Å²) >= 11 is 0. The Hall–Kier alpha value is -1.14. The summed E-state index contributed by atoms with van der Waals surface area (Å²) in [4.78, 5) is 21.2. The lowest BCUT2D eigenvalue weighted by atomic mass is 9.94. The van der Waals surface area contributed by atoms with Gasteiger partial charge in [-0.1, -0.05) is 0 Å². The van der Waals surface area contributed by atoms with Crippen molar-refractivity contribution in [3.8, 4) is 0 Å².